The molecule has 2 heterocycles. The highest BCUT2D eigenvalue weighted by molar-refractivity contribution is 5.73. The van der Waals surface area contributed by atoms with Gasteiger partial charge in [0.2, 0.25) is 0 Å². The number of rotatable bonds is 4. The fourth-order valence-electron chi connectivity index (χ4n) is 4.63. The lowest BCUT2D eigenvalue weighted by Crippen LogP contribution is -2.51. The molecule has 5 nitrogen and oxygen atoms in total. The summed E-state index contributed by atoms with van der Waals surface area (Å²) in [5, 5.41) is 7.12. The smallest absolute Gasteiger partial charge is 0.475 e. The number of carboxylic acid groups (broad SMARTS) is 1. The normalized spacial score (nSPS) is 26.6. The zero-order chi connectivity index (χ0) is 19.9. The van der Waals surface area contributed by atoms with Gasteiger partial charge in [0.05, 0.1) is 13.2 Å². The summed E-state index contributed by atoms with van der Waals surface area (Å²) in [6.07, 6.45) is 4.69. The van der Waals surface area contributed by atoms with Crippen LogP contribution in [0, 0.1) is 11.3 Å². The van der Waals surface area contributed by atoms with Gasteiger partial charge >= 0.3 is 12.1 Å². The molecular formula is C19H32F3NO4. The number of carboxylic acids is 1. The molecule has 1 atom stereocenters. The summed E-state index contributed by atoms with van der Waals surface area (Å²) in [4.78, 5) is 11.7. The van der Waals surface area contributed by atoms with Gasteiger partial charge < -0.3 is 19.5 Å². The zero-order valence-corrected chi connectivity index (χ0v) is 16.1. The van der Waals surface area contributed by atoms with Crippen molar-refractivity contribution in [3.8, 4) is 0 Å². The van der Waals surface area contributed by atoms with Crippen LogP contribution in [0.4, 0.5) is 13.2 Å². The molecule has 0 aromatic heterocycles. The third-order valence-corrected chi connectivity index (χ3v) is 6.33. The molecule has 27 heavy (non-hydrogen) atoms. The van der Waals surface area contributed by atoms with Crippen molar-refractivity contribution in [1.29, 1.82) is 0 Å². The zero-order valence-electron chi connectivity index (χ0n) is 16.1. The average molecular weight is 395 g/mol. The Kier molecular flexibility index (Phi) is 8.37. The lowest BCUT2D eigenvalue weighted by Gasteiger charge is -2.50. The van der Waals surface area contributed by atoms with E-state index < -0.39 is 12.1 Å². The molecule has 1 N–H and O–H groups in total. The SMILES string of the molecule is CCOCC1COCCC12CCN(C1CCCC1)CC2.O=C(O)C(F)(F)F. The van der Waals surface area contributed by atoms with Crippen LogP contribution >= 0.6 is 0 Å². The van der Waals surface area contributed by atoms with Crippen molar-refractivity contribution in [3.63, 3.8) is 0 Å². The minimum Gasteiger partial charge on any atom is -0.475 e. The molecule has 0 aromatic carbocycles. The number of ether oxygens (including phenoxy) is 2. The molecule has 0 aromatic rings. The molecule has 1 unspecified atom stereocenters. The number of hydrogen-bond donors (Lipinski definition) is 1. The second-order valence-corrected chi connectivity index (χ2v) is 7.82. The van der Waals surface area contributed by atoms with Gasteiger partial charge in [-0.05, 0) is 57.5 Å². The minimum atomic E-state index is -5.08. The Morgan fingerprint density at radius 3 is 2.33 bits per heavy atom. The average Bonchev–Trinajstić information content (AvgIpc) is 3.16. The number of alkyl halides is 3. The first kappa shape index (κ1) is 22.4. The van der Waals surface area contributed by atoms with E-state index in [1.54, 1.807) is 0 Å². The molecule has 1 saturated carbocycles. The van der Waals surface area contributed by atoms with Gasteiger partial charge in [-0.15, -0.1) is 0 Å². The van der Waals surface area contributed by atoms with Crippen molar-refractivity contribution in [2.24, 2.45) is 11.3 Å². The Bertz CT molecular complexity index is 458. The van der Waals surface area contributed by atoms with Crippen LogP contribution in [0.1, 0.15) is 51.9 Å². The van der Waals surface area contributed by atoms with Gasteiger partial charge in [0.15, 0.2) is 0 Å². The Hall–Kier alpha value is -0.860. The van der Waals surface area contributed by atoms with E-state index in [4.69, 9.17) is 19.4 Å². The van der Waals surface area contributed by atoms with Crippen LogP contribution in [-0.4, -0.2) is 67.7 Å². The number of nitrogens with zero attached hydrogens (tertiary/aromatic N) is 1. The molecule has 1 spiro atoms. The predicted molar refractivity (Wildman–Crippen MR) is 94.6 cm³/mol. The maximum atomic E-state index is 10.6. The van der Waals surface area contributed by atoms with Gasteiger partial charge in [0.25, 0.3) is 0 Å². The second kappa shape index (κ2) is 10.1. The van der Waals surface area contributed by atoms with Crippen molar-refractivity contribution in [1.82, 2.24) is 4.90 Å². The molecule has 158 valence electrons. The lowest BCUT2D eigenvalue weighted by atomic mass is 9.66. The Labute approximate surface area is 159 Å². The summed E-state index contributed by atoms with van der Waals surface area (Å²) in [6.45, 7) is 8.34. The first-order valence-corrected chi connectivity index (χ1v) is 9.98. The standard InChI is InChI=1S/C17H31NO2.C2HF3O2/c1-2-19-13-15-14-20-12-9-17(15)7-10-18(11-8-17)16-5-3-4-6-16;3-2(4,5)1(6)7/h15-16H,2-14H2,1H3;(H,6,7). The highest BCUT2D eigenvalue weighted by Crippen LogP contribution is 2.45. The van der Waals surface area contributed by atoms with Crippen LogP contribution in [-0.2, 0) is 14.3 Å². The van der Waals surface area contributed by atoms with Crippen LogP contribution in [0.2, 0.25) is 0 Å². The first-order chi connectivity index (χ1) is 12.8. The van der Waals surface area contributed by atoms with E-state index in [9.17, 15) is 13.2 Å². The molecule has 3 fully saturated rings. The summed E-state index contributed by atoms with van der Waals surface area (Å²) in [5.41, 5.74) is 0.516. The predicted octanol–water partition coefficient (Wildman–Crippen LogP) is 3.72. The Morgan fingerprint density at radius 2 is 1.81 bits per heavy atom. The third kappa shape index (κ3) is 6.32. The Balaban J connectivity index is 0.000000321. The van der Waals surface area contributed by atoms with Crippen molar-refractivity contribution in [3.05, 3.63) is 0 Å². The number of likely N-dealkylation sites (tertiary alicyclic amines) is 1. The first-order valence-electron chi connectivity index (χ1n) is 9.98. The fourth-order valence-corrected chi connectivity index (χ4v) is 4.63. The van der Waals surface area contributed by atoms with Gasteiger partial charge in [0.1, 0.15) is 0 Å². The van der Waals surface area contributed by atoms with Crippen LogP contribution < -0.4 is 0 Å². The summed E-state index contributed by atoms with van der Waals surface area (Å²) in [5.74, 6) is -2.13. The molecule has 3 aliphatic rings. The van der Waals surface area contributed by atoms with Gasteiger partial charge in [-0.2, -0.15) is 13.2 Å². The van der Waals surface area contributed by atoms with E-state index in [0.717, 1.165) is 32.5 Å². The summed E-state index contributed by atoms with van der Waals surface area (Å²) in [6, 6.07) is 0.900. The Morgan fingerprint density at radius 1 is 1.22 bits per heavy atom. The van der Waals surface area contributed by atoms with Crippen molar-refractivity contribution < 1.29 is 32.5 Å². The molecule has 0 bridgehead atoms. The molecule has 2 aliphatic heterocycles. The number of hydrogen-bond acceptors (Lipinski definition) is 4. The molecule has 8 heteroatoms. The fraction of sp³-hybridized carbons (Fsp3) is 0.947. The molecule has 1 aliphatic carbocycles. The van der Waals surface area contributed by atoms with Gasteiger partial charge in [-0.3, -0.25) is 0 Å². The van der Waals surface area contributed by atoms with E-state index in [2.05, 4.69) is 11.8 Å². The van der Waals surface area contributed by atoms with Crippen LogP contribution in [0.25, 0.3) is 0 Å². The van der Waals surface area contributed by atoms with Gasteiger partial charge in [-0.25, -0.2) is 4.79 Å². The highest BCUT2D eigenvalue weighted by atomic mass is 19.4. The maximum Gasteiger partial charge on any atom is 0.490 e. The van der Waals surface area contributed by atoms with Crippen LogP contribution in [0.15, 0.2) is 0 Å². The molecule has 3 rings (SSSR count). The van der Waals surface area contributed by atoms with Crippen LogP contribution in [0.5, 0.6) is 0 Å². The van der Waals surface area contributed by atoms with E-state index in [1.807, 2.05) is 0 Å². The van der Waals surface area contributed by atoms with Crippen molar-refractivity contribution >= 4 is 5.97 Å². The van der Waals surface area contributed by atoms with Gasteiger partial charge in [-0.1, -0.05) is 12.8 Å². The quantitative estimate of drug-likeness (QED) is 0.786. The summed E-state index contributed by atoms with van der Waals surface area (Å²) in [7, 11) is 0. The number of piperidine rings is 1. The number of carbonyl (C=O) groups is 1. The molecule has 0 amide bonds. The van der Waals surface area contributed by atoms with E-state index in [1.165, 1.54) is 58.0 Å². The van der Waals surface area contributed by atoms with Gasteiger partial charge in [0, 0.05) is 25.2 Å². The molecule has 2 saturated heterocycles. The monoisotopic (exact) mass is 395 g/mol. The number of halogens is 3. The third-order valence-electron chi connectivity index (χ3n) is 6.33. The van der Waals surface area contributed by atoms with Crippen molar-refractivity contribution in [2.45, 2.75) is 64.1 Å². The van der Waals surface area contributed by atoms with E-state index in [-0.39, 0.29) is 0 Å². The van der Waals surface area contributed by atoms with E-state index in [0.29, 0.717) is 11.3 Å². The minimum absolute atomic E-state index is 0.516. The topological polar surface area (TPSA) is 59.0 Å². The second-order valence-electron chi connectivity index (χ2n) is 7.82. The lowest BCUT2D eigenvalue weighted by molar-refractivity contribution is -0.192. The molecular weight excluding hydrogens is 363 g/mol. The summed E-state index contributed by atoms with van der Waals surface area (Å²) >= 11 is 0. The largest absolute Gasteiger partial charge is 0.490 e. The van der Waals surface area contributed by atoms with E-state index >= 15 is 0 Å². The maximum absolute atomic E-state index is 10.6. The molecule has 0 radical (unpaired) electrons. The number of aliphatic carboxylic acids is 1. The summed E-state index contributed by atoms with van der Waals surface area (Å²) < 4.78 is 43.2. The van der Waals surface area contributed by atoms with Crippen molar-refractivity contribution in [2.75, 3.05) is 39.5 Å². The highest BCUT2D eigenvalue weighted by Gasteiger charge is 2.44. The van der Waals surface area contributed by atoms with Crippen LogP contribution in [0.3, 0.4) is 0 Å².